The van der Waals surface area contributed by atoms with Gasteiger partial charge in [0.1, 0.15) is 0 Å². The van der Waals surface area contributed by atoms with Crippen LogP contribution in [-0.2, 0) is 10.0 Å². The second-order valence-corrected chi connectivity index (χ2v) is 7.63. The molecule has 1 aromatic rings. The maximum atomic E-state index is 11.2. The summed E-state index contributed by atoms with van der Waals surface area (Å²) in [7, 11) is -3.69. The number of anilines is 2. The number of sulfonamides is 1. The van der Waals surface area contributed by atoms with E-state index in [4.69, 9.17) is 10.9 Å². The third-order valence-electron chi connectivity index (χ3n) is 3.15. The minimum atomic E-state index is -3.69. The summed E-state index contributed by atoms with van der Waals surface area (Å²) in [5.41, 5.74) is 7.02. The van der Waals surface area contributed by atoms with E-state index in [-0.39, 0.29) is 4.90 Å². The molecule has 5 N–H and O–H groups in total. The third kappa shape index (κ3) is 4.02. The first-order chi connectivity index (χ1) is 8.97. The molecule has 1 saturated heterocycles. The van der Waals surface area contributed by atoms with Gasteiger partial charge in [0.2, 0.25) is 10.0 Å². The Labute approximate surface area is 118 Å². The van der Waals surface area contributed by atoms with E-state index in [2.05, 4.69) is 5.32 Å². The van der Waals surface area contributed by atoms with Crippen LogP contribution in [-0.4, -0.2) is 26.0 Å². The van der Waals surface area contributed by atoms with Crippen molar-refractivity contribution < 1.29 is 8.42 Å². The molecule has 1 aliphatic rings. The van der Waals surface area contributed by atoms with Gasteiger partial charge in [0.15, 0.2) is 0 Å². The highest BCUT2D eigenvalue weighted by Crippen LogP contribution is 2.27. The number of nitrogen functional groups attached to an aromatic ring is 1. The third-order valence-corrected chi connectivity index (χ3v) is 5.45. The van der Waals surface area contributed by atoms with Crippen molar-refractivity contribution in [2.24, 2.45) is 5.14 Å². The van der Waals surface area contributed by atoms with Gasteiger partial charge in [-0.3, -0.25) is 0 Å². The van der Waals surface area contributed by atoms with Crippen LogP contribution in [0.2, 0.25) is 0 Å². The normalized spacial score (nSPS) is 20.2. The fraction of sp³-hybridized carbons (Fsp3) is 0.500. The van der Waals surface area contributed by atoms with Crippen molar-refractivity contribution in [1.29, 1.82) is 0 Å². The number of benzene rings is 1. The molecule has 1 heterocycles. The molecule has 0 spiro atoms. The highest BCUT2D eigenvalue weighted by Gasteiger charge is 2.14. The monoisotopic (exact) mass is 301 g/mol. The lowest BCUT2D eigenvalue weighted by atomic mass is 10.2. The predicted molar refractivity (Wildman–Crippen MR) is 80.8 cm³/mol. The molecule has 5 nitrogen and oxygen atoms in total. The molecular weight excluding hydrogens is 282 g/mol. The van der Waals surface area contributed by atoms with Gasteiger partial charge in [-0.1, -0.05) is 6.42 Å². The topological polar surface area (TPSA) is 98.2 Å². The van der Waals surface area contributed by atoms with E-state index < -0.39 is 10.0 Å². The van der Waals surface area contributed by atoms with E-state index in [1.807, 2.05) is 11.8 Å². The molecule has 0 radical (unpaired) electrons. The van der Waals surface area contributed by atoms with Crippen LogP contribution in [0.4, 0.5) is 11.4 Å². The number of nitrogens with one attached hydrogen (secondary N) is 1. The van der Waals surface area contributed by atoms with Gasteiger partial charge in [0, 0.05) is 11.8 Å². The summed E-state index contributed by atoms with van der Waals surface area (Å²) < 4.78 is 22.4. The fourth-order valence-electron chi connectivity index (χ4n) is 2.07. The van der Waals surface area contributed by atoms with Crippen molar-refractivity contribution in [2.45, 2.75) is 29.4 Å². The molecule has 106 valence electrons. The van der Waals surface area contributed by atoms with Gasteiger partial charge < -0.3 is 11.1 Å². The summed E-state index contributed by atoms with van der Waals surface area (Å²) in [5.74, 6) is 1.21. The Hall–Kier alpha value is -0.920. The van der Waals surface area contributed by atoms with Gasteiger partial charge in [-0.05, 0) is 36.8 Å². The SMILES string of the molecule is Nc1cc(S(N)(=O)=O)ccc1NCC1CCCCS1. The van der Waals surface area contributed by atoms with Crippen LogP contribution in [0.3, 0.4) is 0 Å². The van der Waals surface area contributed by atoms with Crippen molar-refractivity contribution in [3.8, 4) is 0 Å². The van der Waals surface area contributed by atoms with Crippen LogP contribution in [0.15, 0.2) is 23.1 Å². The lowest BCUT2D eigenvalue weighted by Gasteiger charge is -2.22. The first-order valence-electron chi connectivity index (χ1n) is 6.24. The molecule has 2 rings (SSSR count). The second kappa shape index (κ2) is 6.02. The predicted octanol–water partition coefficient (Wildman–Crippen LogP) is 1.61. The average molecular weight is 301 g/mol. The van der Waals surface area contributed by atoms with Gasteiger partial charge in [-0.15, -0.1) is 0 Å². The summed E-state index contributed by atoms with van der Waals surface area (Å²) in [6.07, 6.45) is 3.79. The minimum absolute atomic E-state index is 0.0441. The van der Waals surface area contributed by atoms with Gasteiger partial charge in [0.25, 0.3) is 0 Å². The number of nitrogens with two attached hydrogens (primary N) is 2. The van der Waals surface area contributed by atoms with Gasteiger partial charge in [0.05, 0.1) is 16.3 Å². The molecule has 0 aromatic heterocycles. The van der Waals surface area contributed by atoms with Crippen LogP contribution in [0.5, 0.6) is 0 Å². The maximum Gasteiger partial charge on any atom is 0.238 e. The molecule has 1 aromatic carbocycles. The summed E-state index contributed by atoms with van der Waals surface area (Å²) in [5, 5.41) is 8.94. The fourth-order valence-corrected chi connectivity index (χ4v) is 3.86. The maximum absolute atomic E-state index is 11.2. The number of rotatable bonds is 4. The van der Waals surface area contributed by atoms with Crippen LogP contribution in [0.25, 0.3) is 0 Å². The summed E-state index contributed by atoms with van der Waals surface area (Å²) in [6, 6.07) is 4.54. The van der Waals surface area contributed by atoms with Crippen LogP contribution >= 0.6 is 11.8 Å². The zero-order valence-corrected chi connectivity index (χ0v) is 12.3. The largest absolute Gasteiger partial charge is 0.397 e. The summed E-state index contributed by atoms with van der Waals surface area (Å²) >= 11 is 1.98. The molecule has 7 heteroatoms. The highest BCUT2D eigenvalue weighted by atomic mass is 32.2. The van der Waals surface area contributed by atoms with Crippen molar-refractivity contribution in [1.82, 2.24) is 0 Å². The van der Waals surface area contributed by atoms with E-state index in [9.17, 15) is 8.42 Å². The quantitative estimate of drug-likeness (QED) is 0.734. The Morgan fingerprint density at radius 1 is 1.37 bits per heavy atom. The Morgan fingerprint density at radius 2 is 2.16 bits per heavy atom. The minimum Gasteiger partial charge on any atom is -0.397 e. The number of primary sulfonamides is 1. The van der Waals surface area contributed by atoms with E-state index in [1.165, 1.54) is 37.1 Å². The van der Waals surface area contributed by atoms with Crippen molar-refractivity contribution >= 4 is 33.2 Å². The van der Waals surface area contributed by atoms with Gasteiger partial charge in [-0.2, -0.15) is 11.8 Å². The van der Waals surface area contributed by atoms with Crippen LogP contribution in [0, 0.1) is 0 Å². The summed E-state index contributed by atoms with van der Waals surface area (Å²) in [6.45, 7) is 0.851. The first kappa shape index (κ1) is 14.5. The molecule has 1 aliphatic heterocycles. The van der Waals surface area contributed by atoms with Crippen LogP contribution < -0.4 is 16.2 Å². The molecule has 19 heavy (non-hydrogen) atoms. The van der Waals surface area contributed by atoms with Crippen LogP contribution in [0.1, 0.15) is 19.3 Å². The molecule has 0 amide bonds. The number of hydrogen-bond donors (Lipinski definition) is 3. The first-order valence-corrected chi connectivity index (χ1v) is 8.84. The van der Waals surface area contributed by atoms with Gasteiger partial charge in [-0.25, -0.2) is 13.6 Å². The second-order valence-electron chi connectivity index (χ2n) is 4.66. The van der Waals surface area contributed by atoms with Crippen molar-refractivity contribution in [3.05, 3.63) is 18.2 Å². The molecule has 0 bridgehead atoms. The lowest BCUT2D eigenvalue weighted by molar-refractivity contribution is 0.598. The Morgan fingerprint density at radius 3 is 2.74 bits per heavy atom. The zero-order chi connectivity index (χ0) is 13.9. The van der Waals surface area contributed by atoms with Gasteiger partial charge >= 0.3 is 0 Å². The van der Waals surface area contributed by atoms with Crippen molar-refractivity contribution in [2.75, 3.05) is 23.3 Å². The number of thioether (sulfide) groups is 1. The molecule has 0 aliphatic carbocycles. The standard InChI is InChI=1S/C12H19N3O2S2/c13-11-7-10(19(14,16)17)4-5-12(11)15-8-9-3-1-2-6-18-9/h4-5,7,9,15H,1-3,6,8,13H2,(H2,14,16,17). The average Bonchev–Trinajstić information content (AvgIpc) is 2.37. The van der Waals surface area contributed by atoms with E-state index in [0.717, 1.165) is 12.2 Å². The van der Waals surface area contributed by atoms with E-state index >= 15 is 0 Å². The lowest BCUT2D eigenvalue weighted by Crippen LogP contribution is -2.20. The molecule has 1 atom stereocenters. The highest BCUT2D eigenvalue weighted by molar-refractivity contribution is 7.99. The molecule has 1 fully saturated rings. The number of hydrogen-bond acceptors (Lipinski definition) is 5. The Kier molecular flexibility index (Phi) is 4.59. The Bertz CT molecular complexity index is 540. The summed E-state index contributed by atoms with van der Waals surface area (Å²) in [4.78, 5) is 0.0441. The zero-order valence-electron chi connectivity index (χ0n) is 10.6. The molecular formula is C12H19N3O2S2. The molecule has 1 unspecified atom stereocenters. The Balaban J connectivity index is 2.01. The smallest absolute Gasteiger partial charge is 0.238 e. The van der Waals surface area contributed by atoms with E-state index in [1.54, 1.807) is 6.07 Å². The molecule has 0 saturated carbocycles. The van der Waals surface area contributed by atoms with Crippen molar-refractivity contribution in [3.63, 3.8) is 0 Å². The van der Waals surface area contributed by atoms with E-state index in [0.29, 0.717) is 10.9 Å².